The lowest BCUT2D eigenvalue weighted by molar-refractivity contribution is -0.142. The van der Waals surface area contributed by atoms with Crippen LogP contribution in [0.5, 0.6) is 5.75 Å². The van der Waals surface area contributed by atoms with Crippen LogP contribution in [-0.4, -0.2) is 63.5 Å². The summed E-state index contributed by atoms with van der Waals surface area (Å²) in [6.07, 6.45) is 4.36. The first-order valence-electron chi connectivity index (χ1n) is 14.4. The van der Waals surface area contributed by atoms with Crippen molar-refractivity contribution in [2.75, 3.05) is 25.1 Å². The highest BCUT2D eigenvalue weighted by Gasteiger charge is 2.74. The minimum Gasteiger partial charge on any atom is -0.494 e. The van der Waals surface area contributed by atoms with E-state index in [1.807, 2.05) is 49.4 Å². The minimum atomic E-state index is -0.762. The molecule has 2 aromatic rings. The lowest BCUT2D eigenvalue weighted by atomic mass is 9.70. The summed E-state index contributed by atoms with van der Waals surface area (Å²) in [7, 11) is 0. The first-order chi connectivity index (χ1) is 19.4. The molecule has 0 aliphatic carbocycles. The zero-order valence-corrected chi connectivity index (χ0v) is 24.0. The zero-order valence-electron chi connectivity index (χ0n) is 23.2. The molecule has 9 heteroatoms. The monoisotopic (exact) mass is 565 g/mol. The van der Waals surface area contributed by atoms with Gasteiger partial charge in [-0.15, -0.1) is 11.8 Å². The van der Waals surface area contributed by atoms with Crippen LogP contribution in [-0.2, 0) is 14.4 Å². The van der Waals surface area contributed by atoms with E-state index in [1.165, 1.54) is 0 Å². The Balaban J connectivity index is 1.46. The molecule has 2 unspecified atom stereocenters. The van der Waals surface area contributed by atoms with E-state index in [4.69, 9.17) is 4.74 Å². The first-order valence-corrected chi connectivity index (χ1v) is 15.3. The van der Waals surface area contributed by atoms with Gasteiger partial charge in [-0.1, -0.05) is 50.1 Å². The molecule has 3 fully saturated rings. The molecule has 40 heavy (non-hydrogen) atoms. The number of nitrogens with one attached hydrogen (secondary N) is 2. The van der Waals surface area contributed by atoms with E-state index in [1.54, 1.807) is 28.8 Å². The van der Waals surface area contributed by atoms with Crippen molar-refractivity contribution in [3.63, 3.8) is 0 Å². The number of carbonyl (C=O) groups is 3. The summed E-state index contributed by atoms with van der Waals surface area (Å²) in [5, 5.41) is 16.6. The Labute approximate surface area is 240 Å². The zero-order chi connectivity index (χ0) is 28.3. The molecule has 3 heterocycles. The number of thioether (sulfide) groups is 1. The van der Waals surface area contributed by atoms with Crippen molar-refractivity contribution in [3.8, 4) is 5.75 Å². The van der Waals surface area contributed by atoms with Crippen molar-refractivity contribution in [2.24, 2.45) is 11.8 Å². The largest absolute Gasteiger partial charge is 0.494 e. The number of hydrogen-bond acceptors (Lipinski definition) is 6. The van der Waals surface area contributed by atoms with E-state index in [0.717, 1.165) is 37.0 Å². The van der Waals surface area contributed by atoms with Crippen molar-refractivity contribution in [1.29, 1.82) is 0 Å². The molecule has 0 saturated carbocycles. The highest BCUT2D eigenvalue weighted by atomic mass is 32.2. The molecular formula is C31H39N3O5S. The fourth-order valence-corrected chi connectivity index (χ4v) is 8.97. The number of hydrogen-bond donors (Lipinski definition) is 3. The van der Waals surface area contributed by atoms with E-state index >= 15 is 0 Å². The molecule has 214 valence electrons. The van der Waals surface area contributed by atoms with Crippen LogP contribution in [0.3, 0.4) is 0 Å². The highest BCUT2D eigenvalue weighted by Crippen LogP contribution is 2.67. The average Bonchev–Trinajstić information content (AvgIpc) is 3.61. The third-order valence-corrected chi connectivity index (χ3v) is 10.4. The Morgan fingerprint density at radius 3 is 2.52 bits per heavy atom. The van der Waals surface area contributed by atoms with Crippen LogP contribution in [0.2, 0.25) is 0 Å². The summed E-state index contributed by atoms with van der Waals surface area (Å²) in [5.41, 5.74) is 1.41. The van der Waals surface area contributed by atoms with E-state index in [-0.39, 0.29) is 29.6 Å². The SMILES string of the molecule is CCCCCNC(=O)C1N([C@H](CO)c2ccccc2)C(=O)[C@@H]2[C@@H](C(=O)Nc3ccc(OCC)cc3)[C@H]3CCC12S3. The van der Waals surface area contributed by atoms with Gasteiger partial charge in [0, 0.05) is 17.5 Å². The molecule has 2 bridgehead atoms. The van der Waals surface area contributed by atoms with Crippen molar-refractivity contribution in [2.45, 2.75) is 68.0 Å². The van der Waals surface area contributed by atoms with Gasteiger partial charge in [0.2, 0.25) is 17.7 Å². The molecular weight excluding hydrogens is 526 g/mol. The molecule has 1 spiro atoms. The minimum absolute atomic E-state index is 0.0431. The lowest BCUT2D eigenvalue weighted by Gasteiger charge is -2.37. The van der Waals surface area contributed by atoms with E-state index < -0.39 is 28.7 Å². The number of benzene rings is 2. The molecule has 2 aromatic carbocycles. The Kier molecular flexibility index (Phi) is 8.71. The average molecular weight is 566 g/mol. The number of amides is 3. The van der Waals surface area contributed by atoms with Gasteiger partial charge in [-0.25, -0.2) is 0 Å². The van der Waals surface area contributed by atoms with Gasteiger partial charge in [0.05, 0.1) is 35.8 Å². The van der Waals surface area contributed by atoms with Crippen LogP contribution in [0.25, 0.3) is 0 Å². The summed E-state index contributed by atoms with van der Waals surface area (Å²) in [6.45, 7) is 4.81. The number of likely N-dealkylation sites (tertiary alicyclic amines) is 1. The van der Waals surface area contributed by atoms with Gasteiger partial charge in [-0.2, -0.15) is 0 Å². The maximum Gasteiger partial charge on any atom is 0.244 e. The predicted octanol–water partition coefficient (Wildman–Crippen LogP) is 4.16. The predicted molar refractivity (Wildman–Crippen MR) is 156 cm³/mol. The normalized spacial score (nSPS) is 27.4. The quantitative estimate of drug-likeness (QED) is 0.334. The van der Waals surface area contributed by atoms with Crippen LogP contribution in [0.15, 0.2) is 54.6 Å². The van der Waals surface area contributed by atoms with E-state index in [2.05, 4.69) is 17.6 Å². The van der Waals surface area contributed by atoms with Crippen molar-refractivity contribution < 1.29 is 24.2 Å². The molecule has 5 rings (SSSR count). The van der Waals surface area contributed by atoms with Crippen LogP contribution in [0, 0.1) is 11.8 Å². The third kappa shape index (κ3) is 5.09. The van der Waals surface area contributed by atoms with Gasteiger partial charge < -0.3 is 25.4 Å². The molecule has 0 radical (unpaired) electrons. The number of ether oxygens (including phenoxy) is 1. The molecule has 3 saturated heterocycles. The molecule has 3 amide bonds. The number of aliphatic hydroxyl groups is 1. The van der Waals surface area contributed by atoms with Crippen molar-refractivity contribution >= 4 is 35.2 Å². The Morgan fingerprint density at radius 1 is 1.10 bits per heavy atom. The molecule has 3 aliphatic heterocycles. The van der Waals surface area contributed by atoms with Crippen molar-refractivity contribution in [1.82, 2.24) is 10.2 Å². The van der Waals surface area contributed by atoms with E-state index in [0.29, 0.717) is 25.3 Å². The second-order valence-corrected chi connectivity index (χ2v) is 12.5. The molecule has 0 aromatic heterocycles. The maximum atomic E-state index is 14.3. The fraction of sp³-hybridized carbons (Fsp3) is 0.516. The first kappa shape index (κ1) is 28.5. The number of anilines is 1. The number of carbonyl (C=O) groups excluding carboxylic acids is 3. The molecule has 3 aliphatic rings. The van der Waals surface area contributed by atoms with Gasteiger partial charge in [-0.3, -0.25) is 14.4 Å². The molecule has 6 atom stereocenters. The maximum absolute atomic E-state index is 14.3. The summed E-state index contributed by atoms with van der Waals surface area (Å²) >= 11 is 1.63. The van der Waals surface area contributed by atoms with Crippen LogP contribution in [0.4, 0.5) is 5.69 Å². The third-order valence-electron chi connectivity index (χ3n) is 8.49. The van der Waals surface area contributed by atoms with E-state index in [9.17, 15) is 19.5 Å². The summed E-state index contributed by atoms with van der Waals surface area (Å²) in [5.74, 6) is -1.09. The van der Waals surface area contributed by atoms with Crippen LogP contribution >= 0.6 is 11.8 Å². The number of nitrogens with zero attached hydrogens (tertiary/aromatic N) is 1. The highest BCUT2D eigenvalue weighted by molar-refractivity contribution is 8.02. The van der Waals surface area contributed by atoms with Gasteiger partial charge in [-0.05, 0) is 56.0 Å². The molecule has 3 N–H and O–H groups in total. The van der Waals surface area contributed by atoms with Gasteiger partial charge in [0.15, 0.2) is 0 Å². The Morgan fingerprint density at radius 2 is 1.85 bits per heavy atom. The standard InChI is InChI=1S/C31H39N3O5S/c1-3-5-9-18-32-29(37)27-31-17-16-24(40-31)25(28(36)33-21-12-14-22(15-13-21)39-4-2)26(31)30(38)34(27)23(19-35)20-10-7-6-8-11-20/h6-8,10-15,23-27,35H,3-5,9,16-19H2,1-2H3,(H,32,37)(H,33,36)/t23-,24-,25+,26+,27?,31?/m1/s1. The lowest BCUT2D eigenvalue weighted by Crippen LogP contribution is -2.54. The summed E-state index contributed by atoms with van der Waals surface area (Å²) in [4.78, 5) is 43.6. The molecule has 8 nitrogen and oxygen atoms in total. The number of unbranched alkanes of at least 4 members (excludes halogenated alkanes) is 2. The number of rotatable bonds is 12. The second kappa shape index (κ2) is 12.2. The van der Waals surface area contributed by atoms with Crippen LogP contribution in [0.1, 0.15) is 57.6 Å². The fourth-order valence-electron chi connectivity index (χ4n) is 6.77. The van der Waals surface area contributed by atoms with Gasteiger partial charge >= 0.3 is 0 Å². The van der Waals surface area contributed by atoms with Gasteiger partial charge in [0.25, 0.3) is 0 Å². The van der Waals surface area contributed by atoms with Crippen LogP contribution < -0.4 is 15.4 Å². The Hall–Kier alpha value is -3.04. The van der Waals surface area contributed by atoms with Gasteiger partial charge in [0.1, 0.15) is 11.8 Å². The second-order valence-electron chi connectivity index (χ2n) is 10.9. The summed E-state index contributed by atoms with van der Waals surface area (Å²) < 4.78 is 4.80. The smallest absolute Gasteiger partial charge is 0.244 e. The topological polar surface area (TPSA) is 108 Å². The Bertz CT molecular complexity index is 1210. The summed E-state index contributed by atoms with van der Waals surface area (Å²) in [6, 6.07) is 15.1. The number of fused-ring (bicyclic) bond motifs is 1. The van der Waals surface area contributed by atoms with Crippen molar-refractivity contribution in [3.05, 3.63) is 60.2 Å². The number of aliphatic hydroxyl groups excluding tert-OH is 1.